The third kappa shape index (κ3) is 2.70. The molecule has 0 aromatic rings. The SMILES string of the molecule is CC(C)(C(=O)C1=CCCC=C1)C1CCCCC1. The molecule has 0 radical (unpaired) electrons. The highest BCUT2D eigenvalue weighted by Crippen LogP contribution is 2.40. The predicted molar refractivity (Wildman–Crippen MR) is 71.8 cm³/mol. The second kappa shape index (κ2) is 5.20. The Balaban J connectivity index is 2.10. The predicted octanol–water partition coefficient (Wildman–Crippen LogP) is 4.44. The van der Waals surface area contributed by atoms with Crippen LogP contribution in [0.15, 0.2) is 23.8 Å². The van der Waals surface area contributed by atoms with Gasteiger partial charge in [0, 0.05) is 11.0 Å². The fourth-order valence-electron chi connectivity index (χ4n) is 3.16. The van der Waals surface area contributed by atoms with Gasteiger partial charge in [-0.2, -0.15) is 0 Å². The van der Waals surface area contributed by atoms with E-state index in [1.807, 2.05) is 6.08 Å². The molecule has 1 saturated carbocycles. The lowest BCUT2D eigenvalue weighted by atomic mass is 9.67. The van der Waals surface area contributed by atoms with Crippen molar-refractivity contribution in [2.45, 2.75) is 58.8 Å². The molecule has 1 nitrogen and oxygen atoms in total. The maximum atomic E-state index is 12.6. The molecule has 0 heterocycles. The van der Waals surface area contributed by atoms with Gasteiger partial charge < -0.3 is 0 Å². The number of carbonyl (C=O) groups excluding carboxylic acids is 1. The van der Waals surface area contributed by atoms with Crippen LogP contribution < -0.4 is 0 Å². The van der Waals surface area contributed by atoms with Crippen molar-refractivity contribution < 1.29 is 4.79 Å². The van der Waals surface area contributed by atoms with Crippen LogP contribution in [0.1, 0.15) is 58.8 Å². The average molecular weight is 232 g/mol. The van der Waals surface area contributed by atoms with E-state index in [4.69, 9.17) is 0 Å². The summed E-state index contributed by atoms with van der Waals surface area (Å²) in [6.45, 7) is 4.29. The van der Waals surface area contributed by atoms with E-state index in [9.17, 15) is 4.79 Å². The molecule has 2 aliphatic rings. The van der Waals surface area contributed by atoms with Crippen LogP contribution in [0.25, 0.3) is 0 Å². The number of ketones is 1. The summed E-state index contributed by atoms with van der Waals surface area (Å²) in [5, 5.41) is 0. The van der Waals surface area contributed by atoms with Gasteiger partial charge in [-0.15, -0.1) is 0 Å². The third-order valence-electron chi connectivity index (χ3n) is 4.47. The quantitative estimate of drug-likeness (QED) is 0.703. The van der Waals surface area contributed by atoms with E-state index in [0.717, 1.165) is 18.4 Å². The van der Waals surface area contributed by atoms with Crippen LogP contribution in [0.4, 0.5) is 0 Å². The van der Waals surface area contributed by atoms with E-state index >= 15 is 0 Å². The Morgan fingerprint density at radius 3 is 2.47 bits per heavy atom. The van der Waals surface area contributed by atoms with E-state index in [-0.39, 0.29) is 5.41 Å². The first-order valence-electron chi connectivity index (χ1n) is 7.04. The van der Waals surface area contributed by atoms with Crippen LogP contribution in [0.2, 0.25) is 0 Å². The van der Waals surface area contributed by atoms with Crippen molar-refractivity contribution in [2.24, 2.45) is 11.3 Å². The summed E-state index contributed by atoms with van der Waals surface area (Å²) in [4.78, 5) is 12.6. The van der Waals surface area contributed by atoms with E-state index in [1.165, 1.54) is 32.1 Å². The molecule has 94 valence electrons. The average Bonchev–Trinajstić information content (AvgIpc) is 2.40. The monoisotopic (exact) mass is 232 g/mol. The molecule has 0 aliphatic heterocycles. The highest BCUT2D eigenvalue weighted by Gasteiger charge is 2.37. The number of Topliss-reactive ketones (excluding diaryl/α,β-unsaturated/α-hetero) is 1. The first-order valence-corrected chi connectivity index (χ1v) is 7.04. The topological polar surface area (TPSA) is 17.1 Å². The molecule has 1 fully saturated rings. The number of allylic oxidation sites excluding steroid dienone is 4. The zero-order chi connectivity index (χ0) is 12.3. The first kappa shape index (κ1) is 12.6. The van der Waals surface area contributed by atoms with Gasteiger partial charge in [-0.1, -0.05) is 51.3 Å². The molecule has 0 atom stereocenters. The van der Waals surface area contributed by atoms with Gasteiger partial charge in [-0.05, 0) is 31.6 Å². The molecule has 2 rings (SSSR count). The molecule has 0 spiro atoms. The number of hydrogen-bond donors (Lipinski definition) is 0. The molecule has 17 heavy (non-hydrogen) atoms. The first-order chi connectivity index (χ1) is 8.12. The normalized spacial score (nSPS) is 22.4. The lowest BCUT2D eigenvalue weighted by Gasteiger charge is -2.36. The number of carbonyl (C=O) groups is 1. The largest absolute Gasteiger partial charge is 0.294 e. The Labute approximate surface area is 105 Å². The van der Waals surface area contributed by atoms with Crippen LogP contribution in [0.3, 0.4) is 0 Å². The number of hydrogen-bond acceptors (Lipinski definition) is 1. The number of rotatable bonds is 3. The smallest absolute Gasteiger partial charge is 0.168 e. The third-order valence-corrected chi connectivity index (χ3v) is 4.47. The molecule has 1 heteroatoms. The minimum absolute atomic E-state index is 0.173. The molecule has 0 aromatic carbocycles. The van der Waals surface area contributed by atoms with Crippen LogP contribution >= 0.6 is 0 Å². The fraction of sp³-hybridized carbons (Fsp3) is 0.688. The minimum Gasteiger partial charge on any atom is -0.294 e. The van der Waals surface area contributed by atoms with E-state index in [0.29, 0.717) is 11.7 Å². The highest BCUT2D eigenvalue weighted by atomic mass is 16.1. The van der Waals surface area contributed by atoms with Gasteiger partial charge in [-0.25, -0.2) is 0 Å². The van der Waals surface area contributed by atoms with Gasteiger partial charge in [0.05, 0.1) is 0 Å². The Morgan fingerprint density at radius 1 is 1.18 bits per heavy atom. The van der Waals surface area contributed by atoms with Crippen molar-refractivity contribution in [1.82, 2.24) is 0 Å². The van der Waals surface area contributed by atoms with Crippen LogP contribution in [-0.4, -0.2) is 5.78 Å². The summed E-state index contributed by atoms with van der Waals surface area (Å²) in [6.07, 6.45) is 14.8. The highest BCUT2D eigenvalue weighted by molar-refractivity contribution is 6.02. The summed E-state index contributed by atoms with van der Waals surface area (Å²) in [6, 6.07) is 0. The van der Waals surface area contributed by atoms with Crippen molar-refractivity contribution in [1.29, 1.82) is 0 Å². The molecule has 0 bridgehead atoms. The standard InChI is InChI=1S/C16H24O/c1-16(2,14-11-7-4-8-12-14)15(17)13-9-5-3-6-10-13/h5,9-10,14H,3-4,6-8,11-12H2,1-2H3. The van der Waals surface area contributed by atoms with E-state index in [1.54, 1.807) is 0 Å². The summed E-state index contributed by atoms with van der Waals surface area (Å²) in [7, 11) is 0. The van der Waals surface area contributed by atoms with Gasteiger partial charge in [0.25, 0.3) is 0 Å². The van der Waals surface area contributed by atoms with Gasteiger partial charge >= 0.3 is 0 Å². The molecule has 0 amide bonds. The molecular formula is C16H24O. The molecule has 2 aliphatic carbocycles. The minimum atomic E-state index is -0.173. The summed E-state index contributed by atoms with van der Waals surface area (Å²) in [5.74, 6) is 0.945. The van der Waals surface area contributed by atoms with Gasteiger partial charge in [0.1, 0.15) is 0 Å². The van der Waals surface area contributed by atoms with Crippen molar-refractivity contribution in [3.05, 3.63) is 23.8 Å². The van der Waals surface area contributed by atoms with Crippen molar-refractivity contribution in [2.75, 3.05) is 0 Å². The second-order valence-corrected chi connectivity index (χ2v) is 6.02. The lowest BCUT2D eigenvalue weighted by molar-refractivity contribution is -0.126. The molecule has 0 N–H and O–H groups in total. The van der Waals surface area contributed by atoms with Crippen LogP contribution in [0.5, 0.6) is 0 Å². The summed E-state index contributed by atoms with van der Waals surface area (Å²) in [5.41, 5.74) is 0.778. The molecule has 0 saturated heterocycles. The van der Waals surface area contributed by atoms with E-state index < -0.39 is 0 Å². The van der Waals surface area contributed by atoms with Crippen molar-refractivity contribution in [3.8, 4) is 0 Å². The Kier molecular flexibility index (Phi) is 3.86. The molecule has 0 unspecified atom stereocenters. The second-order valence-electron chi connectivity index (χ2n) is 6.02. The maximum Gasteiger partial charge on any atom is 0.168 e. The van der Waals surface area contributed by atoms with Gasteiger partial charge in [-0.3, -0.25) is 4.79 Å². The maximum absolute atomic E-state index is 12.6. The van der Waals surface area contributed by atoms with Gasteiger partial charge in [0.2, 0.25) is 0 Å². The lowest BCUT2D eigenvalue weighted by Crippen LogP contribution is -2.35. The zero-order valence-corrected chi connectivity index (χ0v) is 11.2. The van der Waals surface area contributed by atoms with Crippen molar-refractivity contribution in [3.63, 3.8) is 0 Å². The van der Waals surface area contributed by atoms with Gasteiger partial charge in [0.15, 0.2) is 5.78 Å². The summed E-state index contributed by atoms with van der Waals surface area (Å²) >= 11 is 0. The summed E-state index contributed by atoms with van der Waals surface area (Å²) < 4.78 is 0. The van der Waals surface area contributed by atoms with E-state index in [2.05, 4.69) is 26.0 Å². The van der Waals surface area contributed by atoms with Crippen LogP contribution in [-0.2, 0) is 4.79 Å². The Morgan fingerprint density at radius 2 is 1.88 bits per heavy atom. The Bertz CT molecular complexity index is 341. The van der Waals surface area contributed by atoms with Crippen molar-refractivity contribution >= 4 is 5.78 Å². The molecule has 0 aromatic heterocycles. The molecular weight excluding hydrogens is 208 g/mol. The fourth-order valence-corrected chi connectivity index (χ4v) is 3.16. The Hall–Kier alpha value is -0.850. The zero-order valence-electron chi connectivity index (χ0n) is 11.2. The van der Waals surface area contributed by atoms with Crippen LogP contribution in [0, 0.1) is 11.3 Å².